The van der Waals surface area contributed by atoms with Gasteiger partial charge in [0.2, 0.25) is 5.95 Å². The molecule has 0 unspecified atom stereocenters. The molecule has 0 saturated carbocycles. The van der Waals surface area contributed by atoms with Gasteiger partial charge in [-0.15, -0.1) is 0 Å². The summed E-state index contributed by atoms with van der Waals surface area (Å²) in [5.41, 5.74) is 9.57. The minimum atomic E-state index is 0.650. The summed E-state index contributed by atoms with van der Waals surface area (Å²) in [4.78, 5) is 10.7. The molecule has 0 radical (unpaired) electrons. The zero-order valence-corrected chi connectivity index (χ0v) is 26.0. The lowest BCUT2D eigenvalue weighted by Gasteiger charge is -2.13. The first-order valence-electron chi connectivity index (χ1n) is 16.3. The summed E-state index contributed by atoms with van der Waals surface area (Å²) < 4.78 is 4.63. The summed E-state index contributed by atoms with van der Waals surface area (Å²) in [6.45, 7) is 0. The van der Waals surface area contributed by atoms with E-state index in [1.54, 1.807) is 0 Å². The van der Waals surface area contributed by atoms with Gasteiger partial charge < -0.3 is 4.57 Å². The third-order valence-electron chi connectivity index (χ3n) is 9.54. The highest BCUT2D eigenvalue weighted by Gasteiger charge is 2.22. The van der Waals surface area contributed by atoms with Crippen molar-refractivity contribution in [3.8, 4) is 34.2 Å². The highest BCUT2D eigenvalue weighted by atomic mass is 15.2. The highest BCUT2D eigenvalue weighted by molar-refractivity contribution is 6.28. The first-order valence-corrected chi connectivity index (χ1v) is 16.3. The Morgan fingerprint density at radius 3 is 1.65 bits per heavy atom. The fraction of sp³-hybridized carbons (Fsp3) is 0. The van der Waals surface area contributed by atoms with Crippen LogP contribution in [0.1, 0.15) is 0 Å². The number of rotatable bonds is 4. The molecular formula is C44H28N4. The van der Waals surface area contributed by atoms with Gasteiger partial charge in [0.05, 0.1) is 33.5 Å². The lowest BCUT2D eigenvalue weighted by atomic mass is 10.0. The van der Waals surface area contributed by atoms with Gasteiger partial charge in [0, 0.05) is 38.4 Å². The van der Waals surface area contributed by atoms with E-state index in [0.29, 0.717) is 5.95 Å². The van der Waals surface area contributed by atoms with Crippen molar-refractivity contribution in [1.82, 2.24) is 19.1 Å². The summed E-state index contributed by atoms with van der Waals surface area (Å²) in [5.74, 6) is 0.650. The van der Waals surface area contributed by atoms with Gasteiger partial charge in [-0.2, -0.15) is 0 Å². The van der Waals surface area contributed by atoms with Crippen LogP contribution >= 0.6 is 0 Å². The zero-order valence-electron chi connectivity index (χ0n) is 26.0. The largest absolute Gasteiger partial charge is 0.309 e. The van der Waals surface area contributed by atoms with Crippen molar-refractivity contribution in [1.29, 1.82) is 0 Å². The second-order valence-electron chi connectivity index (χ2n) is 12.2. The lowest BCUT2D eigenvalue weighted by Crippen LogP contribution is -2.04. The third kappa shape index (κ3) is 3.96. The average Bonchev–Trinajstić information content (AvgIpc) is 3.68. The molecule has 10 aromatic rings. The molecule has 0 aliphatic heterocycles. The van der Waals surface area contributed by atoms with Crippen LogP contribution < -0.4 is 0 Å². The first kappa shape index (κ1) is 26.7. The molecule has 0 aliphatic carbocycles. The second kappa shape index (κ2) is 10.5. The van der Waals surface area contributed by atoms with Crippen LogP contribution in [0.4, 0.5) is 0 Å². The van der Waals surface area contributed by atoms with E-state index in [1.165, 1.54) is 43.4 Å². The summed E-state index contributed by atoms with van der Waals surface area (Å²) in [6, 6.07) is 60.0. The van der Waals surface area contributed by atoms with Gasteiger partial charge in [-0.1, -0.05) is 127 Å². The fourth-order valence-corrected chi connectivity index (χ4v) is 7.47. The number of fused-ring (bicyclic) bond motifs is 8. The van der Waals surface area contributed by atoms with Crippen molar-refractivity contribution >= 4 is 54.4 Å². The minimum Gasteiger partial charge on any atom is -0.309 e. The van der Waals surface area contributed by atoms with Crippen LogP contribution in [0.2, 0.25) is 0 Å². The molecule has 4 nitrogen and oxygen atoms in total. The quantitative estimate of drug-likeness (QED) is 0.198. The molecule has 0 bridgehead atoms. The molecule has 0 atom stereocenters. The average molecular weight is 613 g/mol. The number of hydrogen-bond acceptors (Lipinski definition) is 2. The minimum absolute atomic E-state index is 0.650. The molecule has 48 heavy (non-hydrogen) atoms. The van der Waals surface area contributed by atoms with E-state index in [0.717, 1.165) is 39.2 Å². The standard InChI is InChI=1S/C44H28N4/c1-3-15-30(16-4-1)36-28-37(33-23-13-17-29-14-7-8-20-32(29)33)46-44(45-36)48-39-25-12-10-22-35(39)43-41(48)27-26-40-42(43)34-21-9-11-24-38(34)47(40)31-18-5-2-6-19-31/h1-28H. The zero-order chi connectivity index (χ0) is 31.6. The van der Waals surface area contributed by atoms with Crippen molar-refractivity contribution in [3.05, 3.63) is 170 Å². The van der Waals surface area contributed by atoms with Crippen molar-refractivity contribution in [3.63, 3.8) is 0 Å². The SMILES string of the molecule is c1ccc(-c2cc(-c3cccc4ccccc34)nc(-n3c4ccccc4c4c5c6ccccc6n(-c6ccccc6)c5ccc43)n2)cc1. The number of nitrogens with zero attached hydrogens (tertiary/aromatic N) is 4. The fourth-order valence-electron chi connectivity index (χ4n) is 7.47. The van der Waals surface area contributed by atoms with Crippen molar-refractivity contribution in [2.24, 2.45) is 0 Å². The van der Waals surface area contributed by atoms with Crippen LogP contribution in [-0.2, 0) is 0 Å². The molecule has 4 heteroatoms. The third-order valence-corrected chi connectivity index (χ3v) is 9.54. The summed E-state index contributed by atoms with van der Waals surface area (Å²) in [5, 5.41) is 7.19. The molecular weight excluding hydrogens is 585 g/mol. The molecule has 0 fully saturated rings. The van der Waals surface area contributed by atoms with Crippen molar-refractivity contribution in [2.45, 2.75) is 0 Å². The van der Waals surface area contributed by atoms with Crippen LogP contribution in [0.15, 0.2) is 170 Å². The normalized spacial score (nSPS) is 11.8. The van der Waals surface area contributed by atoms with Crippen LogP contribution in [0, 0.1) is 0 Å². The molecule has 0 aliphatic rings. The van der Waals surface area contributed by atoms with E-state index in [4.69, 9.17) is 9.97 Å². The lowest BCUT2D eigenvalue weighted by molar-refractivity contribution is 0.996. The smallest absolute Gasteiger partial charge is 0.235 e. The van der Waals surface area contributed by atoms with E-state index in [9.17, 15) is 0 Å². The molecule has 3 heterocycles. The maximum atomic E-state index is 5.36. The van der Waals surface area contributed by atoms with Gasteiger partial charge in [0.1, 0.15) is 0 Å². The Morgan fingerprint density at radius 1 is 0.375 bits per heavy atom. The van der Waals surface area contributed by atoms with E-state index in [1.807, 2.05) is 6.07 Å². The van der Waals surface area contributed by atoms with E-state index >= 15 is 0 Å². The molecule has 10 rings (SSSR count). The summed E-state index contributed by atoms with van der Waals surface area (Å²) in [6.07, 6.45) is 0. The van der Waals surface area contributed by atoms with Gasteiger partial charge in [-0.05, 0) is 53.2 Å². The van der Waals surface area contributed by atoms with Crippen molar-refractivity contribution < 1.29 is 0 Å². The van der Waals surface area contributed by atoms with Gasteiger partial charge in [-0.3, -0.25) is 4.57 Å². The van der Waals surface area contributed by atoms with E-state index < -0.39 is 0 Å². The predicted octanol–water partition coefficient (Wildman–Crippen LogP) is 11.2. The van der Waals surface area contributed by atoms with Crippen LogP contribution in [0.25, 0.3) is 88.5 Å². The van der Waals surface area contributed by atoms with Gasteiger partial charge >= 0.3 is 0 Å². The molecule has 0 saturated heterocycles. The molecule has 7 aromatic carbocycles. The molecule has 0 spiro atoms. The second-order valence-corrected chi connectivity index (χ2v) is 12.2. The Morgan fingerprint density at radius 2 is 0.917 bits per heavy atom. The maximum Gasteiger partial charge on any atom is 0.235 e. The number of benzene rings is 7. The Kier molecular flexibility index (Phi) is 5.84. The Labute approximate surface area is 276 Å². The molecule has 0 amide bonds. The number of aromatic nitrogens is 4. The predicted molar refractivity (Wildman–Crippen MR) is 199 cm³/mol. The summed E-state index contributed by atoms with van der Waals surface area (Å²) in [7, 11) is 0. The van der Waals surface area contributed by atoms with E-state index in [2.05, 4.69) is 173 Å². The molecule has 224 valence electrons. The van der Waals surface area contributed by atoms with Crippen molar-refractivity contribution in [2.75, 3.05) is 0 Å². The highest BCUT2D eigenvalue weighted by Crippen LogP contribution is 2.42. The van der Waals surface area contributed by atoms with Gasteiger partial charge in [0.25, 0.3) is 0 Å². The van der Waals surface area contributed by atoms with E-state index in [-0.39, 0.29) is 0 Å². The monoisotopic (exact) mass is 612 g/mol. The van der Waals surface area contributed by atoms with Crippen LogP contribution in [0.5, 0.6) is 0 Å². The number of hydrogen-bond donors (Lipinski definition) is 0. The Balaban J connectivity index is 1.33. The van der Waals surface area contributed by atoms with Gasteiger partial charge in [-0.25, -0.2) is 9.97 Å². The summed E-state index contributed by atoms with van der Waals surface area (Å²) >= 11 is 0. The Hall–Kier alpha value is -6.52. The molecule has 0 N–H and O–H groups in total. The van der Waals surface area contributed by atoms with Crippen LogP contribution in [0.3, 0.4) is 0 Å². The number of para-hydroxylation sites is 3. The topological polar surface area (TPSA) is 35.6 Å². The Bertz CT molecular complexity index is 2820. The first-order chi connectivity index (χ1) is 23.8. The van der Waals surface area contributed by atoms with Crippen LogP contribution in [-0.4, -0.2) is 19.1 Å². The molecule has 3 aromatic heterocycles. The van der Waals surface area contributed by atoms with Gasteiger partial charge in [0.15, 0.2) is 0 Å². The maximum absolute atomic E-state index is 5.36.